The maximum absolute atomic E-state index is 8.22. The van der Waals surface area contributed by atoms with Crippen molar-refractivity contribution in [2.45, 2.75) is 0 Å². The van der Waals surface area contributed by atoms with Gasteiger partial charge in [0, 0.05) is 32.6 Å². The van der Waals surface area contributed by atoms with Gasteiger partial charge in [0.05, 0.1) is 39.7 Å². The summed E-state index contributed by atoms with van der Waals surface area (Å²) in [6, 6.07) is 52.8. The molecule has 10 rings (SSSR count). The first-order valence-corrected chi connectivity index (χ1v) is 15.7. The van der Waals surface area contributed by atoms with Crippen molar-refractivity contribution in [3.05, 3.63) is 163 Å². The molecule has 0 spiro atoms. The predicted octanol–water partition coefficient (Wildman–Crippen LogP) is 12.0. The summed E-state index contributed by atoms with van der Waals surface area (Å²) >= 11 is 0. The second-order valence-electron chi connectivity index (χ2n) is 12.0. The van der Waals surface area contributed by atoms with E-state index in [0.29, 0.717) is 5.69 Å². The first kappa shape index (κ1) is 25.7. The van der Waals surface area contributed by atoms with Crippen LogP contribution in [0, 0.1) is 6.57 Å². The minimum atomic E-state index is 0.614. The molecule has 47 heavy (non-hydrogen) atoms. The summed E-state index contributed by atoms with van der Waals surface area (Å²) in [6.07, 6.45) is 0. The molecule has 0 unspecified atom stereocenters. The van der Waals surface area contributed by atoms with Crippen molar-refractivity contribution in [3.8, 4) is 22.5 Å². The average molecular weight is 600 g/mol. The molecule has 0 N–H and O–H groups in total. The third-order valence-electron chi connectivity index (χ3n) is 9.53. The average Bonchev–Trinajstić information content (AvgIpc) is 3.79. The zero-order chi connectivity index (χ0) is 31.1. The Hall–Kier alpha value is -6.57. The Morgan fingerprint density at radius 3 is 1.83 bits per heavy atom. The lowest BCUT2D eigenvalue weighted by molar-refractivity contribution is 0.669. The van der Waals surface area contributed by atoms with Gasteiger partial charge in [-0.25, -0.2) is 4.85 Å². The Labute approximate surface area is 269 Å². The standard InChI is InChI=1S/C43H25N3O/c1-44-35-19-11-18-29(42(35)46-37-21-7-2-14-30(37)31-15-3-8-22-38(31)46)27-12-10-13-28(26-27)45-36-20-6-4-16-32(36)33-24-25-40-41(43(33)45)34-17-5-9-23-39(34)47-40/h2-26H. The Kier molecular flexibility index (Phi) is 5.32. The lowest BCUT2D eigenvalue weighted by Gasteiger charge is -2.17. The second kappa shape index (κ2) is 9.71. The van der Waals surface area contributed by atoms with Gasteiger partial charge in [0.2, 0.25) is 5.69 Å². The van der Waals surface area contributed by atoms with Gasteiger partial charge in [-0.3, -0.25) is 0 Å². The number of para-hydroxylation sites is 5. The molecule has 3 heterocycles. The molecule has 0 aliphatic heterocycles. The van der Waals surface area contributed by atoms with E-state index in [2.05, 4.69) is 141 Å². The van der Waals surface area contributed by atoms with Crippen LogP contribution in [-0.2, 0) is 0 Å². The van der Waals surface area contributed by atoms with Gasteiger partial charge in [0.15, 0.2) is 0 Å². The Balaban J connectivity index is 1.29. The topological polar surface area (TPSA) is 27.4 Å². The Morgan fingerprint density at radius 1 is 0.489 bits per heavy atom. The van der Waals surface area contributed by atoms with Crippen molar-refractivity contribution in [1.82, 2.24) is 9.13 Å². The number of fused-ring (bicyclic) bond motifs is 10. The van der Waals surface area contributed by atoms with Gasteiger partial charge in [-0.1, -0.05) is 103 Å². The van der Waals surface area contributed by atoms with E-state index >= 15 is 0 Å². The molecular weight excluding hydrogens is 574 g/mol. The quantitative estimate of drug-likeness (QED) is 0.186. The summed E-state index contributed by atoms with van der Waals surface area (Å²) in [5.74, 6) is 0. The minimum Gasteiger partial charge on any atom is -0.456 e. The Bertz CT molecular complexity index is 2880. The van der Waals surface area contributed by atoms with Crippen LogP contribution in [0.2, 0.25) is 0 Å². The van der Waals surface area contributed by atoms with Crippen LogP contribution in [-0.4, -0.2) is 9.13 Å². The molecule has 0 atom stereocenters. The van der Waals surface area contributed by atoms with Crippen molar-refractivity contribution < 1.29 is 4.42 Å². The summed E-state index contributed by atoms with van der Waals surface area (Å²) in [5, 5.41) is 6.94. The molecule has 0 amide bonds. The van der Waals surface area contributed by atoms with E-state index in [1.807, 2.05) is 24.3 Å². The summed E-state index contributed by atoms with van der Waals surface area (Å²) in [5.41, 5.74) is 10.8. The first-order valence-electron chi connectivity index (χ1n) is 15.7. The monoisotopic (exact) mass is 599 g/mol. The summed E-state index contributed by atoms with van der Waals surface area (Å²) < 4.78 is 11.0. The highest BCUT2D eigenvalue weighted by Gasteiger charge is 2.21. The zero-order valence-electron chi connectivity index (χ0n) is 25.2. The minimum absolute atomic E-state index is 0.614. The fourth-order valence-electron chi connectivity index (χ4n) is 7.60. The first-order chi connectivity index (χ1) is 23.3. The lowest BCUT2D eigenvalue weighted by atomic mass is 10.0. The van der Waals surface area contributed by atoms with Crippen LogP contribution in [0.4, 0.5) is 5.69 Å². The van der Waals surface area contributed by atoms with Crippen molar-refractivity contribution in [1.29, 1.82) is 0 Å². The molecule has 0 radical (unpaired) electrons. The van der Waals surface area contributed by atoms with E-state index in [9.17, 15) is 0 Å². The van der Waals surface area contributed by atoms with Gasteiger partial charge >= 0.3 is 0 Å². The second-order valence-corrected chi connectivity index (χ2v) is 12.0. The molecule has 0 bridgehead atoms. The van der Waals surface area contributed by atoms with Crippen LogP contribution in [0.5, 0.6) is 0 Å². The molecule has 10 aromatic rings. The molecule has 0 saturated heterocycles. The van der Waals surface area contributed by atoms with Gasteiger partial charge in [-0.2, -0.15) is 0 Å². The number of hydrogen-bond donors (Lipinski definition) is 0. The lowest BCUT2D eigenvalue weighted by Crippen LogP contribution is -1.99. The van der Waals surface area contributed by atoms with Crippen molar-refractivity contribution in [3.63, 3.8) is 0 Å². The normalized spacial score (nSPS) is 11.8. The third kappa shape index (κ3) is 3.57. The van der Waals surface area contributed by atoms with Crippen molar-refractivity contribution in [2.75, 3.05) is 0 Å². The highest BCUT2D eigenvalue weighted by Crippen LogP contribution is 2.43. The molecule has 0 aliphatic rings. The summed E-state index contributed by atoms with van der Waals surface area (Å²) in [6.45, 7) is 8.22. The largest absolute Gasteiger partial charge is 0.456 e. The fraction of sp³-hybridized carbons (Fsp3) is 0. The fourth-order valence-corrected chi connectivity index (χ4v) is 7.60. The molecular formula is C43H25N3O. The van der Waals surface area contributed by atoms with Gasteiger partial charge in [-0.15, -0.1) is 0 Å². The van der Waals surface area contributed by atoms with Gasteiger partial charge in [-0.05, 0) is 59.7 Å². The van der Waals surface area contributed by atoms with E-state index in [1.54, 1.807) is 0 Å². The van der Waals surface area contributed by atoms with E-state index in [4.69, 9.17) is 11.0 Å². The molecule has 4 nitrogen and oxygen atoms in total. The van der Waals surface area contributed by atoms with Crippen LogP contribution in [0.25, 0.3) is 92.9 Å². The van der Waals surface area contributed by atoms with Crippen molar-refractivity contribution in [2.24, 2.45) is 0 Å². The zero-order valence-corrected chi connectivity index (χ0v) is 25.2. The maximum atomic E-state index is 8.22. The van der Waals surface area contributed by atoms with Gasteiger partial charge < -0.3 is 13.6 Å². The van der Waals surface area contributed by atoms with Crippen LogP contribution in [0.3, 0.4) is 0 Å². The highest BCUT2D eigenvalue weighted by molar-refractivity contribution is 6.24. The van der Waals surface area contributed by atoms with Gasteiger partial charge in [0.1, 0.15) is 11.2 Å². The number of aromatic nitrogens is 2. The highest BCUT2D eigenvalue weighted by atomic mass is 16.3. The number of benzene rings is 7. The summed E-state index contributed by atoms with van der Waals surface area (Å²) in [4.78, 5) is 4.05. The number of furan rings is 1. The van der Waals surface area contributed by atoms with Crippen LogP contribution < -0.4 is 0 Å². The molecule has 218 valence electrons. The maximum Gasteiger partial charge on any atom is 0.211 e. The predicted molar refractivity (Wildman–Crippen MR) is 194 cm³/mol. The smallest absolute Gasteiger partial charge is 0.211 e. The Morgan fingerprint density at radius 2 is 1.11 bits per heavy atom. The number of hydrogen-bond acceptors (Lipinski definition) is 1. The van der Waals surface area contributed by atoms with E-state index in [-0.39, 0.29) is 0 Å². The third-order valence-corrected chi connectivity index (χ3v) is 9.53. The molecule has 7 aromatic carbocycles. The molecule has 0 saturated carbocycles. The van der Waals surface area contributed by atoms with Crippen LogP contribution >= 0.6 is 0 Å². The molecule has 4 heteroatoms. The number of nitrogens with zero attached hydrogens (tertiary/aromatic N) is 3. The van der Waals surface area contributed by atoms with E-state index in [1.165, 1.54) is 21.5 Å². The van der Waals surface area contributed by atoms with Gasteiger partial charge in [0.25, 0.3) is 0 Å². The number of rotatable bonds is 3. The van der Waals surface area contributed by atoms with Crippen LogP contribution in [0.15, 0.2) is 156 Å². The van der Waals surface area contributed by atoms with E-state index < -0.39 is 0 Å². The molecule has 0 aliphatic carbocycles. The summed E-state index contributed by atoms with van der Waals surface area (Å²) in [7, 11) is 0. The molecule has 0 fully saturated rings. The SMILES string of the molecule is [C-]#[N+]c1cccc(-c2cccc(-n3c4ccccc4c4ccc5oc6ccccc6c5c43)c2)c1-n1c2ccccc2c2ccccc21. The van der Waals surface area contributed by atoms with Crippen molar-refractivity contribution >= 4 is 71.2 Å². The van der Waals surface area contributed by atoms with E-state index in [0.717, 1.165) is 66.5 Å². The molecule has 3 aromatic heterocycles. The van der Waals surface area contributed by atoms with Crippen LogP contribution in [0.1, 0.15) is 0 Å².